The van der Waals surface area contributed by atoms with Crippen molar-refractivity contribution in [1.29, 1.82) is 0 Å². The zero-order chi connectivity index (χ0) is 15.9. The van der Waals surface area contributed by atoms with E-state index in [0.29, 0.717) is 12.2 Å². The third-order valence-corrected chi connectivity index (χ3v) is 3.54. The Balaban J connectivity index is 1.95. The van der Waals surface area contributed by atoms with Gasteiger partial charge in [-0.2, -0.15) is 5.10 Å². The van der Waals surface area contributed by atoms with E-state index in [0.717, 1.165) is 37.1 Å². The fourth-order valence-corrected chi connectivity index (χ4v) is 2.27. The summed E-state index contributed by atoms with van der Waals surface area (Å²) in [5.41, 5.74) is 1.49. The Hall–Kier alpha value is -1.88. The molecule has 5 heteroatoms. The van der Waals surface area contributed by atoms with Gasteiger partial charge < -0.3 is 9.47 Å². The van der Waals surface area contributed by atoms with Crippen molar-refractivity contribution in [2.45, 2.75) is 33.1 Å². The van der Waals surface area contributed by atoms with E-state index in [9.17, 15) is 4.79 Å². The van der Waals surface area contributed by atoms with Crippen LogP contribution in [0, 0.1) is 5.92 Å². The van der Waals surface area contributed by atoms with Crippen molar-refractivity contribution in [2.24, 2.45) is 5.92 Å². The van der Waals surface area contributed by atoms with Gasteiger partial charge in [-0.25, -0.2) is 4.52 Å². The van der Waals surface area contributed by atoms with E-state index in [-0.39, 0.29) is 11.7 Å². The molecule has 0 aliphatic rings. The van der Waals surface area contributed by atoms with E-state index in [1.54, 1.807) is 17.8 Å². The van der Waals surface area contributed by atoms with E-state index in [1.807, 2.05) is 32.2 Å². The first-order valence-electron chi connectivity index (χ1n) is 7.77. The molecule has 0 saturated carbocycles. The van der Waals surface area contributed by atoms with Gasteiger partial charge in [-0.15, -0.1) is 0 Å². The summed E-state index contributed by atoms with van der Waals surface area (Å²) in [6.07, 6.45) is 6.59. The number of unbranched alkanes of at least 4 members (excludes halogenated alkanes) is 2. The second-order valence-corrected chi connectivity index (χ2v) is 5.67. The number of carbonyl (C=O) groups is 1. The molecule has 2 aromatic heterocycles. The molecular weight excluding hydrogens is 280 g/mol. The largest absolute Gasteiger partial charge is 0.492 e. The van der Waals surface area contributed by atoms with E-state index in [4.69, 9.17) is 9.47 Å². The molecule has 0 atom stereocenters. The summed E-state index contributed by atoms with van der Waals surface area (Å²) < 4.78 is 12.4. The Morgan fingerprint density at radius 3 is 2.73 bits per heavy atom. The second-order valence-electron chi connectivity index (χ2n) is 5.67. The van der Waals surface area contributed by atoms with Gasteiger partial charge in [-0.3, -0.25) is 4.79 Å². The SMILES string of the molecule is COCCCCCOc1ccc2c(C(=O)C(C)C)cnn2c1. The quantitative estimate of drug-likeness (QED) is 0.526. The standard InChI is InChI=1S/C17H24N2O3/c1-13(2)17(20)15-11-18-19-12-14(7-8-16(15)19)22-10-6-4-5-9-21-3/h7-8,11-13H,4-6,9-10H2,1-3H3. The van der Waals surface area contributed by atoms with Crippen LogP contribution in [0.1, 0.15) is 43.5 Å². The third kappa shape index (κ3) is 4.07. The predicted octanol–water partition coefficient (Wildman–Crippen LogP) is 3.37. The maximum Gasteiger partial charge on any atom is 0.169 e. The summed E-state index contributed by atoms with van der Waals surface area (Å²) in [6, 6.07) is 3.78. The first kappa shape index (κ1) is 16.5. The number of Topliss-reactive ketones (excluding diaryl/α,β-unsaturated/α-hetero) is 1. The molecule has 2 heterocycles. The molecule has 0 aliphatic carbocycles. The maximum atomic E-state index is 12.1. The van der Waals surface area contributed by atoms with E-state index in [1.165, 1.54) is 0 Å². The predicted molar refractivity (Wildman–Crippen MR) is 85.6 cm³/mol. The minimum Gasteiger partial charge on any atom is -0.492 e. The fraction of sp³-hybridized carbons (Fsp3) is 0.529. The molecule has 22 heavy (non-hydrogen) atoms. The zero-order valence-electron chi connectivity index (χ0n) is 13.5. The number of methoxy groups -OCH3 is 1. The molecule has 0 spiro atoms. The number of nitrogens with zero attached hydrogens (tertiary/aromatic N) is 2. The topological polar surface area (TPSA) is 52.8 Å². The fourth-order valence-electron chi connectivity index (χ4n) is 2.27. The monoisotopic (exact) mass is 304 g/mol. The molecule has 0 N–H and O–H groups in total. The van der Waals surface area contributed by atoms with Gasteiger partial charge in [0.05, 0.1) is 30.1 Å². The molecule has 0 radical (unpaired) electrons. The van der Waals surface area contributed by atoms with Gasteiger partial charge in [-0.05, 0) is 31.4 Å². The summed E-state index contributed by atoms with van der Waals surface area (Å²) in [6.45, 7) is 5.26. The second kappa shape index (κ2) is 7.94. The number of hydrogen-bond donors (Lipinski definition) is 0. The molecule has 0 amide bonds. The summed E-state index contributed by atoms with van der Waals surface area (Å²) in [4.78, 5) is 12.1. The van der Waals surface area contributed by atoms with Gasteiger partial charge in [-0.1, -0.05) is 13.8 Å². The Bertz CT molecular complexity index is 619. The lowest BCUT2D eigenvalue weighted by atomic mass is 10.0. The highest BCUT2D eigenvalue weighted by molar-refractivity contribution is 6.03. The van der Waals surface area contributed by atoms with Crippen LogP contribution in [-0.4, -0.2) is 35.7 Å². The molecule has 2 aromatic rings. The Kier molecular flexibility index (Phi) is 5.95. The summed E-state index contributed by atoms with van der Waals surface area (Å²) in [5.74, 6) is 0.851. The Morgan fingerprint density at radius 1 is 1.23 bits per heavy atom. The van der Waals surface area contributed by atoms with E-state index in [2.05, 4.69) is 5.10 Å². The average molecular weight is 304 g/mol. The molecule has 0 fully saturated rings. The molecule has 0 aliphatic heterocycles. The van der Waals surface area contributed by atoms with E-state index < -0.39 is 0 Å². The van der Waals surface area contributed by atoms with Crippen LogP contribution in [0.25, 0.3) is 5.52 Å². The van der Waals surface area contributed by atoms with Gasteiger partial charge in [0.1, 0.15) is 5.75 Å². The van der Waals surface area contributed by atoms with Crippen molar-refractivity contribution in [3.8, 4) is 5.75 Å². The number of hydrogen-bond acceptors (Lipinski definition) is 4. The van der Waals surface area contributed by atoms with Crippen LogP contribution in [0.15, 0.2) is 24.5 Å². The Morgan fingerprint density at radius 2 is 2.00 bits per heavy atom. The number of rotatable bonds is 9. The van der Waals surface area contributed by atoms with Crippen molar-refractivity contribution in [3.05, 3.63) is 30.1 Å². The molecular formula is C17H24N2O3. The number of carbonyl (C=O) groups excluding carboxylic acids is 1. The van der Waals surface area contributed by atoms with E-state index >= 15 is 0 Å². The number of fused-ring (bicyclic) bond motifs is 1. The molecule has 2 rings (SSSR count). The lowest BCUT2D eigenvalue weighted by Gasteiger charge is -2.07. The van der Waals surface area contributed by atoms with Crippen LogP contribution in [0.3, 0.4) is 0 Å². The molecule has 5 nitrogen and oxygen atoms in total. The van der Waals surface area contributed by atoms with Crippen LogP contribution in [0.2, 0.25) is 0 Å². The first-order valence-corrected chi connectivity index (χ1v) is 7.77. The normalized spacial score (nSPS) is 11.3. The molecule has 0 unspecified atom stereocenters. The Labute approximate surface area is 131 Å². The number of ether oxygens (including phenoxy) is 2. The van der Waals surface area contributed by atoms with Crippen LogP contribution in [0.5, 0.6) is 5.75 Å². The highest BCUT2D eigenvalue weighted by atomic mass is 16.5. The lowest BCUT2D eigenvalue weighted by Crippen LogP contribution is -2.06. The van der Waals surface area contributed by atoms with Gasteiger partial charge >= 0.3 is 0 Å². The lowest BCUT2D eigenvalue weighted by molar-refractivity contribution is 0.0941. The van der Waals surface area contributed by atoms with Gasteiger partial charge in [0, 0.05) is 19.6 Å². The third-order valence-electron chi connectivity index (χ3n) is 3.54. The van der Waals surface area contributed by atoms with Gasteiger partial charge in [0.25, 0.3) is 0 Å². The molecule has 0 bridgehead atoms. The zero-order valence-corrected chi connectivity index (χ0v) is 13.5. The molecule has 120 valence electrons. The van der Waals surface area contributed by atoms with Crippen molar-refractivity contribution in [3.63, 3.8) is 0 Å². The van der Waals surface area contributed by atoms with Crippen molar-refractivity contribution >= 4 is 11.3 Å². The van der Waals surface area contributed by atoms with Crippen molar-refractivity contribution in [2.75, 3.05) is 20.3 Å². The number of pyridine rings is 1. The highest BCUT2D eigenvalue weighted by Gasteiger charge is 2.15. The van der Waals surface area contributed by atoms with Crippen LogP contribution >= 0.6 is 0 Å². The van der Waals surface area contributed by atoms with Crippen LogP contribution in [0.4, 0.5) is 0 Å². The van der Waals surface area contributed by atoms with Crippen LogP contribution in [-0.2, 0) is 4.74 Å². The summed E-state index contributed by atoms with van der Waals surface area (Å²) >= 11 is 0. The minimum atomic E-state index is -0.0315. The van der Waals surface area contributed by atoms with Crippen molar-refractivity contribution in [1.82, 2.24) is 9.61 Å². The smallest absolute Gasteiger partial charge is 0.169 e. The number of aromatic nitrogens is 2. The van der Waals surface area contributed by atoms with Gasteiger partial charge in [0.2, 0.25) is 0 Å². The highest BCUT2D eigenvalue weighted by Crippen LogP contribution is 2.19. The summed E-state index contributed by atoms with van der Waals surface area (Å²) in [7, 11) is 1.72. The molecule has 0 aromatic carbocycles. The van der Waals surface area contributed by atoms with Crippen molar-refractivity contribution < 1.29 is 14.3 Å². The first-order chi connectivity index (χ1) is 10.6. The van der Waals surface area contributed by atoms with Crippen LogP contribution < -0.4 is 4.74 Å². The minimum absolute atomic E-state index is 0.0315. The summed E-state index contributed by atoms with van der Waals surface area (Å²) in [5, 5.41) is 4.25. The van der Waals surface area contributed by atoms with Gasteiger partial charge in [0.15, 0.2) is 5.78 Å². The maximum absolute atomic E-state index is 12.1. The average Bonchev–Trinajstić information content (AvgIpc) is 2.93. The molecule has 0 saturated heterocycles. The number of ketones is 1.